The predicted octanol–water partition coefficient (Wildman–Crippen LogP) is 5.51. The number of para-hydroxylation sites is 2. The summed E-state index contributed by atoms with van der Waals surface area (Å²) in [4.78, 5) is 15.9. The highest BCUT2D eigenvalue weighted by atomic mass is 16.5. The second-order valence-electron chi connectivity index (χ2n) is 8.17. The van der Waals surface area contributed by atoms with Crippen molar-refractivity contribution in [3.63, 3.8) is 0 Å². The molecule has 0 bridgehead atoms. The van der Waals surface area contributed by atoms with Gasteiger partial charge in [0.25, 0.3) is 0 Å². The molecule has 0 unspecified atom stereocenters. The van der Waals surface area contributed by atoms with Crippen molar-refractivity contribution in [3.8, 4) is 5.75 Å². The van der Waals surface area contributed by atoms with Crippen LogP contribution in [0.3, 0.4) is 0 Å². The molecule has 0 saturated carbocycles. The molecule has 1 aromatic heterocycles. The maximum atomic E-state index is 11.0. The van der Waals surface area contributed by atoms with E-state index in [0.29, 0.717) is 6.61 Å². The van der Waals surface area contributed by atoms with Gasteiger partial charge in [-0.15, -0.1) is 0 Å². The molecule has 1 amide bonds. The Hall–Kier alpha value is -3.34. The fourth-order valence-corrected chi connectivity index (χ4v) is 4.08. The minimum absolute atomic E-state index is 0.0395. The van der Waals surface area contributed by atoms with E-state index in [1.807, 2.05) is 12.1 Å². The van der Waals surface area contributed by atoms with Gasteiger partial charge in [0.2, 0.25) is 5.91 Å². The number of aryl methyl sites for hydroxylation is 2. The van der Waals surface area contributed by atoms with Crippen LogP contribution in [-0.2, 0) is 17.8 Å². The van der Waals surface area contributed by atoms with E-state index < -0.39 is 0 Å². The number of imidazole rings is 1. The van der Waals surface area contributed by atoms with Gasteiger partial charge in [-0.2, -0.15) is 0 Å². The number of ether oxygens (including phenoxy) is 1. The van der Waals surface area contributed by atoms with E-state index in [4.69, 9.17) is 9.72 Å². The fraction of sp³-hybridized carbons (Fsp3) is 0.333. The van der Waals surface area contributed by atoms with E-state index in [9.17, 15) is 4.79 Å². The van der Waals surface area contributed by atoms with Gasteiger partial charge in [-0.25, -0.2) is 4.98 Å². The number of fused-ring (bicyclic) bond motifs is 2. The van der Waals surface area contributed by atoms with Crippen LogP contribution in [0.25, 0.3) is 21.8 Å². The molecule has 5 nitrogen and oxygen atoms in total. The predicted molar refractivity (Wildman–Crippen MR) is 130 cm³/mol. The molecule has 32 heavy (non-hydrogen) atoms. The number of unbranched alkanes of at least 4 members (excludes halogenated alkanes) is 2. The number of amides is 1. The molecule has 4 rings (SSSR count). The van der Waals surface area contributed by atoms with E-state index in [1.54, 1.807) is 6.92 Å². The number of nitrogens with one attached hydrogen (secondary N) is 1. The van der Waals surface area contributed by atoms with Gasteiger partial charge in [0, 0.05) is 26.4 Å². The number of hydrogen-bond donors (Lipinski definition) is 1. The van der Waals surface area contributed by atoms with Crippen LogP contribution in [0.1, 0.15) is 38.4 Å². The molecule has 0 spiro atoms. The van der Waals surface area contributed by atoms with Gasteiger partial charge >= 0.3 is 0 Å². The summed E-state index contributed by atoms with van der Waals surface area (Å²) in [6, 6.07) is 22.9. The minimum Gasteiger partial charge on any atom is -0.494 e. The number of aromatic nitrogens is 2. The standard InChI is InChI=1S/C27H31N3O2/c1-21(31)28-17-8-2-3-14-27-29-25-12-6-7-13-26(25)30(27)18-9-19-32-24-16-15-22-10-4-5-11-23(22)20-24/h4-7,10-13,15-16,20H,2-3,8-9,14,17-19H2,1H3,(H,28,31). The summed E-state index contributed by atoms with van der Waals surface area (Å²) < 4.78 is 8.38. The first-order chi connectivity index (χ1) is 15.7. The Morgan fingerprint density at radius 1 is 0.938 bits per heavy atom. The lowest BCUT2D eigenvalue weighted by Gasteiger charge is -2.11. The highest BCUT2D eigenvalue weighted by Crippen LogP contribution is 2.21. The van der Waals surface area contributed by atoms with Crippen LogP contribution >= 0.6 is 0 Å². The summed E-state index contributed by atoms with van der Waals surface area (Å²) in [6.07, 6.45) is 5.01. The molecule has 0 fully saturated rings. The molecule has 1 N–H and O–H groups in total. The average Bonchev–Trinajstić information content (AvgIpc) is 3.16. The van der Waals surface area contributed by atoms with E-state index in [0.717, 1.165) is 62.3 Å². The Labute approximate surface area is 189 Å². The van der Waals surface area contributed by atoms with Gasteiger partial charge in [-0.3, -0.25) is 4.79 Å². The molecular formula is C27H31N3O2. The molecule has 4 aromatic rings. The van der Waals surface area contributed by atoms with Crippen molar-refractivity contribution in [2.45, 2.75) is 45.6 Å². The summed E-state index contributed by atoms with van der Waals surface area (Å²) in [6.45, 7) is 3.86. The first kappa shape index (κ1) is 21.9. The largest absolute Gasteiger partial charge is 0.494 e. The van der Waals surface area contributed by atoms with Gasteiger partial charge in [-0.05, 0) is 54.3 Å². The monoisotopic (exact) mass is 429 g/mol. The number of hydrogen-bond acceptors (Lipinski definition) is 3. The van der Waals surface area contributed by atoms with Crippen molar-refractivity contribution in [2.75, 3.05) is 13.2 Å². The van der Waals surface area contributed by atoms with Crippen molar-refractivity contribution in [1.29, 1.82) is 0 Å². The van der Waals surface area contributed by atoms with Crippen LogP contribution in [0.5, 0.6) is 5.75 Å². The van der Waals surface area contributed by atoms with Crippen LogP contribution in [0.2, 0.25) is 0 Å². The summed E-state index contributed by atoms with van der Waals surface area (Å²) in [5.74, 6) is 2.09. The van der Waals surface area contributed by atoms with Gasteiger partial charge in [0.1, 0.15) is 11.6 Å². The van der Waals surface area contributed by atoms with Gasteiger partial charge in [-0.1, -0.05) is 48.9 Å². The highest BCUT2D eigenvalue weighted by molar-refractivity contribution is 5.83. The number of benzene rings is 3. The minimum atomic E-state index is 0.0395. The third-order valence-corrected chi connectivity index (χ3v) is 5.70. The third kappa shape index (κ3) is 5.67. The lowest BCUT2D eigenvalue weighted by Crippen LogP contribution is -2.20. The Morgan fingerprint density at radius 3 is 2.62 bits per heavy atom. The van der Waals surface area contributed by atoms with E-state index in [1.165, 1.54) is 16.3 Å². The van der Waals surface area contributed by atoms with Crippen molar-refractivity contribution < 1.29 is 9.53 Å². The van der Waals surface area contributed by atoms with Gasteiger partial charge in [0.05, 0.1) is 17.6 Å². The number of nitrogens with zero attached hydrogens (tertiary/aromatic N) is 2. The smallest absolute Gasteiger partial charge is 0.216 e. The quantitative estimate of drug-likeness (QED) is 0.320. The lowest BCUT2D eigenvalue weighted by atomic mass is 10.1. The highest BCUT2D eigenvalue weighted by Gasteiger charge is 2.10. The van der Waals surface area contributed by atoms with Crippen molar-refractivity contribution in [3.05, 3.63) is 72.6 Å². The molecule has 166 valence electrons. The third-order valence-electron chi connectivity index (χ3n) is 5.70. The zero-order valence-electron chi connectivity index (χ0n) is 18.7. The molecule has 0 saturated heterocycles. The second-order valence-corrected chi connectivity index (χ2v) is 8.17. The summed E-state index contributed by atoms with van der Waals surface area (Å²) in [5, 5.41) is 5.29. The van der Waals surface area contributed by atoms with Crippen LogP contribution < -0.4 is 10.1 Å². The first-order valence-electron chi connectivity index (χ1n) is 11.5. The molecule has 3 aromatic carbocycles. The zero-order valence-corrected chi connectivity index (χ0v) is 18.7. The summed E-state index contributed by atoms with van der Waals surface area (Å²) in [7, 11) is 0. The van der Waals surface area contributed by atoms with Crippen molar-refractivity contribution >= 4 is 27.7 Å². The van der Waals surface area contributed by atoms with E-state index in [-0.39, 0.29) is 5.91 Å². The summed E-state index contributed by atoms with van der Waals surface area (Å²) >= 11 is 0. The van der Waals surface area contributed by atoms with Crippen LogP contribution in [0.15, 0.2) is 66.7 Å². The molecule has 0 aliphatic carbocycles. The Kier molecular flexibility index (Phi) is 7.38. The Morgan fingerprint density at radius 2 is 1.75 bits per heavy atom. The number of rotatable bonds is 11. The normalized spacial score (nSPS) is 11.2. The second kappa shape index (κ2) is 10.8. The Bertz CT molecular complexity index is 1180. The van der Waals surface area contributed by atoms with Gasteiger partial charge in [0.15, 0.2) is 0 Å². The lowest BCUT2D eigenvalue weighted by molar-refractivity contribution is -0.118. The van der Waals surface area contributed by atoms with Gasteiger partial charge < -0.3 is 14.6 Å². The fourth-order valence-electron chi connectivity index (χ4n) is 4.08. The molecule has 0 radical (unpaired) electrons. The van der Waals surface area contributed by atoms with Crippen LogP contribution in [0.4, 0.5) is 0 Å². The molecule has 0 aliphatic heterocycles. The molecule has 1 heterocycles. The van der Waals surface area contributed by atoms with Crippen molar-refractivity contribution in [1.82, 2.24) is 14.9 Å². The Balaban J connectivity index is 1.32. The molecule has 0 aliphatic rings. The maximum absolute atomic E-state index is 11.0. The van der Waals surface area contributed by atoms with Crippen LogP contribution in [-0.4, -0.2) is 28.6 Å². The summed E-state index contributed by atoms with van der Waals surface area (Å²) in [5.41, 5.74) is 2.24. The zero-order chi connectivity index (χ0) is 22.2. The molecular weight excluding hydrogens is 398 g/mol. The van der Waals surface area contributed by atoms with E-state index in [2.05, 4.69) is 64.5 Å². The van der Waals surface area contributed by atoms with Crippen LogP contribution in [0, 0.1) is 0 Å². The topological polar surface area (TPSA) is 56.2 Å². The maximum Gasteiger partial charge on any atom is 0.216 e. The first-order valence-corrected chi connectivity index (χ1v) is 11.5. The average molecular weight is 430 g/mol. The number of carbonyl (C=O) groups excluding carboxylic acids is 1. The molecule has 0 atom stereocenters. The number of carbonyl (C=O) groups is 1. The van der Waals surface area contributed by atoms with Crippen molar-refractivity contribution in [2.24, 2.45) is 0 Å². The molecule has 5 heteroatoms. The SMILES string of the molecule is CC(=O)NCCCCCc1nc2ccccc2n1CCCOc1ccc2ccccc2c1. The van der Waals surface area contributed by atoms with E-state index >= 15 is 0 Å².